The number of ether oxygens (including phenoxy) is 2. The highest BCUT2D eigenvalue weighted by atomic mass is 32.2. The van der Waals surface area contributed by atoms with E-state index in [1.807, 2.05) is 34.9 Å². The Morgan fingerprint density at radius 1 is 0.921 bits per heavy atom. The van der Waals surface area contributed by atoms with Crippen LogP contribution in [0.2, 0.25) is 0 Å². The molecule has 2 saturated heterocycles. The number of benzene rings is 2. The molecule has 0 atom stereocenters. The van der Waals surface area contributed by atoms with Gasteiger partial charge in [-0.2, -0.15) is 4.31 Å². The Labute approximate surface area is 221 Å². The van der Waals surface area contributed by atoms with Crippen LogP contribution >= 0.6 is 0 Å². The molecule has 0 bridgehead atoms. The average Bonchev–Trinajstić information content (AvgIpc) is 3.61. The van der Waals surface area contributed by atoms with Crippen molar-refractivity contribution in [1.29, 1.82) is 0 Å². The van der Waals surface area contributed by atoms with Gasteiger partial charge in [0.15, 0.2) is 0 Å². The normalized spacial score (nSPS) is 16.8. The first-order valence-electron chi connectivity index (χ1n) is 12.7. The standard InChI is InChI=1S/C27H30N6O4S/c1-36-26-25(38(34,35)32-10-2-3-11-32)17-20(18-29-26)19-4-9-23-24(16-19)33(27(28)30-23)22-7-5-21(6-8-22)31-12-14-37-15-13-31/h4-9,16-18H,2-3,10-15H2,1H3,(H2,28,30). The highest BCUT2D eigenvalue weighted by Gasteiger charge is 2.31. The van der Waals surface area contributed by atoms with Crippen LogP contribution in [0.1, 0.15) is 12.8 Å². The van der Waals surface area contributed by atoms with Gasteiger partial charge in [-0.15, -0.1) is 0 Å². The minimum atomic E-state index is -3.72. The van der Waals surface area contributed by atoms with Gasteiger partial charge in [-0.25, -0.2) is 18.4 Å². The fourth-order valence-corrected chi connectivity index (χ4v) is 6.82. The molecule has 0 unspecified atom stereocenters. The van der Waals surface area contributed by atoms with Crippen LogP contribution in [-0.2, 0) is 14.8 Å². The first kappa shape index (κ1) is 24.7. The third-order valence-corrected chi connectivity index (χ3v) is 9.09. The van der Waals surface area contributed by atoms with E-state index in [4.69, 9.17) is 15.2 Å². The molecule has 2 aromatic carbocycles. The number of aromatic nitrogens is 3. The highest BCUT2D eigenvalue weighted by molar-refractivity contribution is 7.89. The number of sulfonamides is 1. The van der Waals surface area contributed by atoms with Crippen molar-refractivity contribution in [3.63, 3.8) is 0 Å². The summed E-state index contributed by atoms with van der Waals surface area (Å²) in [4.78, 5) is 11.3. The molecule has 2 N–H and O–H groups in total. The van der Waals surface area contributed by atoms with E-state index in [0.29, 0.717) is 24.6 Å². The van der Waals surface area contributed by atoms with Crippen molar-refractivity contribution in [3.8, 4) is 22.7 Å². The van der Waals surface area contributed by atoms with Crippen molar-refractivity contribution in [1.82, 2.24) is 18.8 Å². The van der Waals surface area contributed by atoms with Crippen molar-refractivity contribution in [2.75, 3.05) is 57.1 Å². The summed E-state index contributed by atoms with van der Waals surface area (Å²) in [6.07, 6.45) is 3.33. The molecule has 2 aliphatic rings. The molecule has 0 amide bonds. The quantitative estimate of drug-likeness (QED) is 0.401. The molecule has 11 heteroatoms. The third kappa shape index (κ3) is 4.36. The Morgan fingerprint density at radius 2 is 1.63 bits per heavy atom. The maximum Gasteiger partial charge on any atom is 0.248 e. The molecule has 4 aromatic rings. The predicted octanol–water partition coefficient (Wildman–Crippen LogP) is 3.30. The van der Waals surface area contributed by atoms with Gasteiger partial charge in [0.1, 0.15) is 4.90 Å². The fraction of sp³-hybridized carbons (Fsp3) is 0.333. The number of imidazole rings is 1. The molecule has 2 aromatic heterocycles. The van der Waals surface area contributed by atoms with Crippen molar-refractivity contribution in [2.24, 2.45) is 0 Å². The van der Waals surface area contributed by atoms with Crippen LogP contribution in [0.3, 0.4) is 0 Å². The number of nitrogens with two attached hydrogens (primary N) is 1. The lowest BCUT2D eigenvalue weighted by molar-refractivity contribution is 0.122. The first-order valence-corrected chi connectivity index (χ1v) is 14.2. The summed E-state index contributed by atoms with van der Waals surface area (Å²) in [5, 5.41) is 0. The second kappa shape index (κ2) is 9.90. The molecule has 38 heavy (non-hydrogen) atoms. The SMILES string of the molecule is COc1ncc(-c2ccc3nc(N)n(-c4ccc(N5CCOCC5)cc4)c3c2)cc1S(=O)(=O)N1CCCC1. The monoisotopic (exact) mass is 534 g/mol. The molecule has 10 nitrogen and oxygen atoms in total. The summed E-state index contributed by atoms with van der Waals surface area (Å²) in [7, 11) is -2.29. The summed E-state index contributed by atoms with van der Waals surface area (Å²) in [6, 6.07) is 15.6. The van der Waals surface area contributed by atoms with E-state index in [1.54, 1.807) is 12.3 Å². The van der Waals surface area contributed by atoms with Crippen molar-refractivity contribution in [3.05, 3.63) is 54.7 Å². The Morgan fingerprint density at radius 3 is 2.34 bits per heavy atom. The molecule has 6 rings (SSSR count). The number of methoxy groups -OCH3 is 1. The van der Waals surface area contributed by atoms with E-state index in [2.05, 4.69) is 27.0 Å². The Balaban J connectivity index is 1.39. The number of pyridine rings is 1. The minimum absolute atomic E-state index is 0.0752. The number of hydrogen-bond acceptors (Lipinski definition) is 8. The molecular weight excluding hydrogens is 504 g/mol. The van der Waals surface area contributed by atoms with E-state index >= 15 is 0 Å². The van der Waals surface area contributed by atoms with Crippen LogP contribution in [0.5, 0.6) is 5.88 Å². The zero-order valence-corrected chi connectivity index (χ0v) is 22.0. The Bertz CT molecular complexity index is 1570. The summed E-state index contributed by atoms with van der Waals surface area (Å²) in [5.74, 6) is 0.470. The molecule has 2 aliphatic heterocycles. The predicted molar refractivity (Wildman–Crippen MR) is 146 cm³/mol. The highest BCUT2D eigenvalue weighted by Crippen LogP contribution is 2.33. The van der Waals surface area contributed by atoms with E-state index in [0.717, 1.165) is 67.1 Å². The number of anilines is 2. The summed E-state index contributed by atoms with van der Waals surface area (Å²) in [6.45, 7) is 4.19. The van der Waals surface area contributed by atoms with Crippen molar-refractivity contribution in [2.45, 2.75) is 17.7 Å². The van der Waals surface area contributed by atoms with Gasteiger partial charge < -0.3 is 20.1 Å². The topological polar surface area (TPSA) is 116 Å². The lowest BCUT2D eigenvalue weighted by Crippen LogP contribution is -2.36. The van der Waals surface area contributed by atoms with E-state index in [1.165, 1.54) is 11.4 Å². The summed E-state index contributed by atoms with van der Waals surface area (Å²) in [5.41, 5.74) is 11.4. The van der Waals surface area contributed by atoms with E-state index < -0.39 is 10.0 Å². The van der Waals surface area contributed by atoms with Gasteiger partial charge >= 0.3 is 0 Å². The lowest BCUT2D eigenvalue weighted by Gasteiger charge is -2.29. The zero-order chi connectivity index (χ0) is 26.3. The third-order valence-electron chi connectivity index (χ3n) is 7.19. The molecule has 4 heterocycles. The van der Waals surface area contributed by atoms with Gasteiger partial charge in [0.25, 0.3) is 0 Å². The molecular formula is C27H30N6O4S. The summed E-state index contributed by atoms with van der Waals surface area (Å²) >= 11 is 0. The van der Waals surface area contributed by atoms with Crippen molar-refractivity contribution >= 4 is 32.7 Å². The lowest BCUT2D eigenvalue weighted by atomic mass is 10.1. The number of nitrogens with zero attached hydrogens (tertiary/aromatic N) is 5. The van der Waals surface area contributed by atoms with Crippen LogP contribution < -0.4 is 15.4 Å². The van der Waals surface area contributed by atoms with Gasteiger partial charge in [0.05, 0.1) is 31.4 Å². The van der Waals surface area contributed by atoms with Crippen LogP contribution in [0.4, 0.5) is 11.6 Å². The minimum Gasteiger partial charge on any atom is -0.480 e. The largest absolute Gasteiger partial charge is 0.480 e. The van der Waals surface area contributed by atoms with E-state index in [-0.39, 0.29) is 10.8 Å². The Kier molecular flexibility index (Phi) is 6.42. The number of morpholine rings is 1. The van der Waals surface area contributed by atoms with Gasteiger partial charge in [-0.05, 0) is 60.9 Å². The molecule has 2 fully saturated rings. The van der Waals surface area contributed by atoms with Crippen LogP contribution in [-0.4, -0.2) is 73.8 Å². The van der Waals surface area contributed by atoms with Crippen LogP contribution in [0, 0.1) is 0 Å². The van der Waals surface area contributed by atoms with Gasteiger partial charge in [-0.3, -0.25) is 4.57 Å². The molecule has 0 saturated carbocycles. The summed E-state index contributed by atoms with van der Waals surface area (Å²) < 4.78 is 40.9. The molecule has 0 spiro atoms. The van der Waals surface area contributed by atoms with Crippen LogP contribution in [0.15, 0.2) is 59.6 Å². The van der Waals surface area contributed by atoms with E-state index in [9.17, 15) is 8.42 Å². The second-order valence-corrected chi connectivity index (χ2v) is 11.4. The smallest absolute Gasteiger partial charge is 0.248 e. The Hall–Kier alpha value is -3.67. The van der Waals surface area contributed by atoms with Crippen molar-refractivity contribution < 1.29 is 17.9 Å². The number of nitrogen functional groups attached to an aromatic ring is 1. The van der Waals surface area contributed by atoms with Gasteiger partial charge in [-0.1, -0.05) is 6.07 Å². The average molecular weight is 535 g/mol. The van der Waals surface area contributed by atoms with Crippen LogP contribution in [0.25, 0.3) is 27.8 Å². The second-order valence-electron chi connectivity index (χ2n) is 9.47. The zero-order valence-electron chi connectivity index (χ0n) is 21.2. The number of rotatable bonds is 6. The molecule has 0 aliphatic carbocycles. The number of hydrogen-bond donors (Lipinski definition) is 1. The number of fused-ring (bicyclic) bond motifs is 1. The van der Waals surface area contributed by atoms with Gasteiger partial charge in [0, 0.05) is 49.3 Å². The maximum atomic E-state index is 13.4. The molecule has 198 valence electrons. The molecule has 0 radical (unpaired) electrons. The maximum absolute atomic E-state index is 13.4. The first-order chi connectivity index (χ1) is 18.5. The fourth-order valence-electron chi connectivity index (χ4n) is 5.17. The van der Waals surface area contributed by atoms with Gasteiger partial charge in [0.2, 0.25) is 21.9 Å².